The van der Waals surface area contributed by atoms with Gasteiger partial charge in [0, 0.05) is 6.07 Å². The van der Waals surface area contributed by atoms with Crippen LogP contribution in [-0.4, -0.2) is 13.4 Å². The molecule has 1 N–H and O–H groups in total. The minimum absolute atomic E-state index is 0.199. The maximum absolute atomic E-state index is 12.2. The summed E-state index contributed by atoms with van der Waals surface area (Å²) >= 11 is 0. The van der Waals surface area contributed by atoms with E-state index in [0.29, 0.717) is 17.3 Å². The van der Waals surface area contributed by atoms with E-state index in [1.165, 1.54) is 18.3 Å². The number of benzene rings is 2. The Morgan fingerprint density at radius 2 is 1.48 bits per heavy atom. The summed E-state index contributed by atoms with van der Waals surface area (Å²) in [6.07, 6.45) is 1.42. The van der Waals surface area contributed by atoms with Crippen molar-refractivity contribution in [1.82, 2.24) is 4.98 Å². The molecule has 6 heteroatoms. The molecule has 0 fully saturated rings. The van der Waals surface area contributed by atoms with Crippen molar-refractivity contribution < 1.29 is 13.2 Å². The molecule has 0 spiro atoms. The summed E-state index contributed by atoms with van der Waals surface area (Å²) in [7, 11) is -3.62. The van der Waals surface area contributed by atoms with Crippen LogP contribution in [0.3, 0.4) is 0 Å². The number of ether oxygens (including phenoxy) is 1. The highest BCUT2D eigenvalue weighted by Crippen LogP contribution is 2.21. The van der Waals surface area contributed by atoms with E-state index in [-0.39, 0.29) is 4.90 Å². The zero-order valence-electron chi connectivity index (χ0n) is 12.1. The predicted molar refractivity (Wildman–Crippen MR) is 88.0 cm³/mol. The molecule has 1 aromatic heterocycles. The van der Waals surface area contributed by atoms with Crippen LogP contribution in [0.2, 0.25) is 0 Å². The molecular weight excluding hydrogens is 312 g/mol. The fourth-order valence-electron chi connectivity index (χ4n) is 1.92. The molecule has 0 saturated heterocycles. The van der Waals surface area contributed by atoms with Crippen molar-refractivity contribution in [3.8, 4) is 11.6 Å². The van der Waals surface area contributed by atoms with Crippen LogP contribution in [0.5, 0.6) is 11.6 Å². The highest BCUT2D eigenvalue weighted by Gasteiger charge is 2.13. The number of rotatable bonds is 5. The second-order valence-electron chi connectivity index (χ2n) is 4.72. The topological polar surface area (TPSA) is 68.3 Å². The SMILES string of the molecule is O=S(=O)(Nc1ccc(Oc2ccccc2)nc1)c1ccccc1. The lowest BCUT2D eigenvalue weighted by molar-refractivity contribution is 0.463. The Labute approximate surface area is 134 Å². The molecule has 2 aromatic carbocycles. The third-order valence-corrected chi connectivity index (χ3v) is 4.40. The average Bonchev–Trinajstić information content (AvgIpc) is 2.58. The van der Waals surface area contributed by atoms with Crippen LogP contribution in [0.25, 0.3) is 0 Å². The second-order valence-corrected chi connectivity index (χ2v) is 6.40. The maximum Gasteiger partial charge on any atom is 0.261 e. The van der Waals surface area contributed by atoms with Crippen LogP contribution in [0.15, 0.2) is 83.9 Å². The Bertz CT molecular complexity index is 865. The van der Waals surface area contributed by atoms with Gasteiger partial charge in [-0.2, -0.15) is 0 Å². The number of hydrogen-bond donors (Lipinski definition) is 1. The van der Waals surface area contributed by atoms with Gasteiger partial charge < -0.3 is 4.74 Å². The van der Waals surface area contributed by atoms with Crippen molar-refractivity contribution in [3.05, 3.63) is 79.0 Å². The third kappa shape index (κ3) is 3.87. The third-order valence-electron chi connectivity index (χ3n) is 3.01. The van der Waals surface area contributed by atoms with Crippen LogP contribution < -0.4 is 9.46 Å². The van der Waals surface area contributed by atoms with Crippen molar-refractivity contribution in [2.45, 2.75) is 4.90 Å². The van der Waals surface area contributed by atoms with Gasteiger partial charge in [0.1, 0.15) is 5.75 Å². The van der Waals surface area contributed by atoms with E-state index in [9.17, 15) is 8.42 Å². The van der Waals surface area contributed by atoms with Crippen LogP contribution in [-0.2, 0) is 10.0 Å². The zero-order chi connectivity index (χ0) is 16.1. The summed E-state index contributed by atoms with van der Waals surface area (Å²) in [5.74, 6) is 1.05. The molecule has 0 aliphatic heterocycles. The van der Waals surface area contributed by atoms with Crippen LogP contribution in [0, 0.1) is 0 Å². The number of nitrogens with one attached hydrogen (secondary N) is 1. The van der Waals surface area contributed by atoms with Crippen LogP contribution in [0.1, 0.15) is 0 Å². The van der Waals surface area contributed by atoms with Crippen LogP contribution >= 0.6 is 0 Å². The summed E-state index contributed by atoms with van der Waals surface area (Å²) in [5, 5.41) is 0. The van der Waals surface area contributed by atoms with Gasteiger partial charge in [-0.05, 0) is 30.3 Å². The minimum atomic E-state index is -3.62. The van der Waals surface area contributed by atoms with Crippen LogP contribution in [0.4, 0.5) is 5.69 Å². The van der Waals surface area contributed by atoms with E-state index in [4.69, 9.17) is 4.74 Å². The molecule has 0 amide bonds. The highest BCUT2D eigenvalue weighted by molar-refractivity contribution is 7.92. The lowest BCUT2D eigenvalue weighted by Crippen LogP contribution is -2.12. The van der Waals surface area contributed by atoms with Gasteiger partial charge in [-0.1, -0.05) is 36.4 Å². The van der Waals surface area contributed by atoms with E-state index in [0.717, 1.165) is 0 Å². The summed E-state index contributed by atoms with van der Waals surface area (Å²) in [5.41, 5.74) is 0.370. The molecule has 0 aliphatic rings. The summed E-state index contributed by atoms with van der Waals surface area (Å²) in [6.45, 7) is 0. The van der Waals surface area contributed by atoms with Crippen molar-refractivity contribution in [2.24, 2.45) is 0 Å². The Hall–Kier alpha value is -2.86. The number of nitrogens with zero attached hydrogens (tertiary/aromatic N) is 1. The van der Waals surface area contributed by atoms with E-state index in [1.807, 2.05) is 30.3 Å². The van der Waals surface area contributed by atoms with E-state index in [1.54, 1.807) is 30.3 Å². The lowest BCUT2D eigenvalue weighted by atomic mass is 10.3. The van der Waals surface area contributed by atoms with Crippen molar-refractivity contribution in [2.75, 3.05) is 4.72 Å². The molecule has 0 aliphatic carbocycles. The molecular formula is C17H14N2O3S. The minimum Gasteiger partial charge on any atom is -0.439 e. The number of aromatic nitrogens is 1. The first-order valence-corrected chi connectivity index (χ1v) is 8.39. The average molecular weight is 326 g/mol. The number of sulfonamides is 1. The predicted octanol–water partition coefficient (Wildman–Crippen LogP) is 3.67. The second kappa shape index (κ2) is 6.50. The first kappa shape index (κ1) is 15.1. The van der Waals surface area contributed by atoms with Gasteiger partial charge >= 0.3 is 0 Å². The Balaban J connectivity index is 1.73. The van der Waals surface area contributed by atoms with Gasteiger partial charge in [0.05, 0.1) is 16.8 Å². The quantitative estimate of drug-likeness (QED) is 0.776. The molecule has 3 aromatic rings. The van der Waals surface area contributed by atoms with E-state index < -0.39 is 10.0 Å². The molecule has 3 rings (SSSR count). The number of para-hydroxylation sites is 1. The van der Waals surface area contributed by atoms with Crippen molar-refractivity contribution >= 4 is 15.7 Å². The smallest absolute Gasteiger partial charge is 0.261 e. The molecule has 1 heterocycles. The molecule has 0 unspecified atom stereocenters. The first-order valence-electron chi connectivity index (χ1n) is 6.90. The molecule has 0 radical (unpaired) electrons. The molecule has 116 valence electrons. The number of anilines is 1. The Morgan fingerprint density at radius 3 is 2.09 bits per heavy atom. The van der Waals surface area contributed by atoms with E-state index >= 15 is 0 Å². The zero-order valence-corrected chi connectivity index (χ0v) is 12.9. The number of hydrogen-bond acceptors (Lipinski definition) is 4. The maximum atomic E-state index is 12.2. The standard InChI is InChI=1S/C17H14N2O3S/c20-23(21,16-9-5-2-6-10-16)19-14-11-12-17(18-13-14)22-15-7-3-1-4-8-15/h1-13,19H. The van der Waals surface area contributed by atoms with Gasteiger partial charge in [-0.15, -0.1) is 0 Å². The fourth-order valence-corrected chi connectivity index (χ4v) is 2.99. The first-order chi connectivity index (χ1) is 11.1. The lowest BCUT2D eigenvalue weighted by Gasteiger charge is -2.09. The Morgan fingerprint density at radius 1 is 0.826 bits per heavy atom. The largest absolute Gasteiger partial charge is 0.439 e. The summed E-state index contributed by atoms with van der Waals surface area (Å²) in [6, 6.07) is 20.6. The van der Waals surface area contributed by atoms with Crippen molar-refractivity contribution in [1.29, 1.82) is 0 Å². The fraction of sp³-hybridized carbons (Fsp3) is 0. The Kier molecular flexibility index (Phi) is 4.25. The number of pyridine rings is 1. The molecule has 0 saturated carbocycles. The van der Waals surface area contributed by atoms with Crippen molar-refractivity contribution in [3.63, 3.8) is 0 Å². The van der Waals surface area contributed by atoms with Gasteiger partial charge in [-0.25, -0.2) is 13.4 Å². The van der Waals surface area contributed by atoms with Gasteiger partial charge in [0.25, 0.3) is 10.0 Å². The molecule has 5 nitrogen and oxygen atoms in total. The normalized spacial score (nSPS) is 11.0. The monoisotopic (exact) mass is 326 g/mol. The molecule has 0 atom stereocenters. The van der Waals surface area contributed by atoms with E-state index in [2.05, 4.69) is 9.71 Å². The molecule has 0 bridgehead atoms. The highest BCUT2D eigenvalue weighted by atomic mass is 32.2. The summed E-state index contributed by atoms with van der Waals surface area (Å²) in [4.78, 5) is 4.30. The van der Waals surface area contributed by atoms with Gasteiger partial charge in [0.15, 0.2) is 0 Å². The summed E-state index contributed by atoms with van der Waals surface area (Å²) < 4.78 is 32.5. The van der Waals surface area contributed by atoms with Gasteiger partial charge in [0.2, 0.25) is 5.88 Å². The molecule has 23 heavy (non-hydrogen) atoms. The van der Waals surface area contributed by atoms with Gasteiger partial charge in [-0.3, -0.25) is 4.72 Å².